The average molecular weight is 505 g/mol. The van der Waals surface area contributed by atoms with E-state index in [1.54, 1.807) is 24.4 Å². The third-order valence-corrected chi connectivity index (χ3v) is 6.25. The van der Waals surface area contributed by atoms with E-state index < -0.39 is 18.0 Å². The summed E-state index contributed by atoms with van der Waals surface area (Å²) < 4.78 is 0. The standard InChI is InChI=1S/C30H24N4O4/c1-18(29(36)37)32-30(38)34-25-15-13-20-8-3-5-11-23(20)27(25)26-22-10-4-2-7-19(22)12-14-24(26)33-28(35)21-9-6-16-31-17-21/h2-18H,1H3,(H,33,35)(H,36,37)(H2,32,34,38). The normalized spacial score (nSPS) is 11.6. The first-order chi connectivity index (χ1) is 18.4. The molecule has 1 unspecified atom stereocenters. The molecule has 3 amide bonds. The van der Waals surface area contributed by atoms with Gasteiger partial charge in [-0.15, -0.1) is 0 Å². The number of anilines is 2. The van der Waals surface area contributed by atoms with Crippen molar-refractivity contribution in [2.75, 3.05) is 10.6 Å². The number of hydrogen-bond acceptors (Lipinski definition) is 4. The number of carbonyl (C=O) groups excluding carboxylic acids is 2. The minimum atomic E-state index is -1.15. The summed E-state index contributed by atoms with van der Waals surface area (Å²) in [5, 5.41) is 21.1. The molecule has 0 bridgehead atoms. The van der Waals surface area contributed by atoms with Gasteiger partial charge < -0.3 is 21.1 Å². The van der Waals surface area contributed by atoms with Crippen LogP contribution in [0.4, 0.5) is 16.2 Å². The van der Waals surface area contributed by atoms with Crippen LogP contribution in [0.2, 0.25) is 0 Å². The number of hydrogen-bond donors (Lipinski definition) is 4. The lowest BCUT2D eigenvalue weighted by molar-refractivity contribution is -0.138. The summed E-state index contributed by atoms with van der Waals surface area (Å²) in [5.74, 6) is -1.47. The Morgan fingerprint density at radius 2 is 1.32 bits per heavy atom. The number of amides is 3. The van der Waals surface area contributed by atoms with Crippen LogP contribution < -0.4 is 16.0 Å². The first-order valence-corrected chi connectivity index (χ1v) is 12.0. The Hall–Kier alpha value is -5.24. The number of aromatic nitrogens is 1. The molecule has 5 rings (SSSR count). The smallest absolute Gasteiger partial charge is 0.325 e. The lowest BCUT2D eigenvalue weighted by Crippen LogP contribution is -2.40. The number of urea groups is 1. The highest BCUT2D eigenvalue weighted by molar-refractivity contribution is 6.17. The van der Waals surface area contributed by atoms with Crippen LogP contribution >= 0.6 is 0 Å². The largest absolute Gasteiger partial charge is 0.480 e. The quantitative estimate of drug-likeness (QED) is 0.229. The van der Waals surface area contributed by atoms with Crippen LogP contribution in [0.15, 0.2) is 97.3 Å². The van der Waals surface area contributed by atoms with Crippen LogP contribution in [0, 0.1) is 0 Å². The van der Waals surface area contributed by atoms with Crippen molar-refractivity contribution < 1.29 is 19.5 Å². The van der Waals surface area contributed by atoms with Crippen LogP contribution in [-0.2, 0) is 4.79 Å². The third kappa shape index (κ3) is 4.87. The first-order valence-electron chi connectivity index (χ1n) is 12.0. The number of carboxylic acids is 1. The number of benzene rings is 4. The molecule has 4 N–H and O–H groups in total. The van der Waals surface area contributed by atoms with E-state index in [1.165, 1.54) is 13.1 Å². The van der Waals surface area contributed by atoms with Crippen molar-refractivity contribution in [2.45, 2.75) is 13.0 Å². The van der Waals surface area contributed by atoms with Gasteiger partial charge in [-0.3, -0.25) is 14.6 Å². The highest BCUT2D eigenvalue weighted by atomic mass is 16.4. The van der Waals surface area contributed by atoms with Gasteiger partial charge >= 0.3 is 12.0 Å². The predicted octanol–water partition coefficient (Wildman–Crippen LogP) is 5.90. The fraction of sp³-hybridized carbons (Fsp3) is 0.0667. The molecule has 1 aromatic heterocycles. The van der Waals surface area contributed by atoms with Crippen molar-refractivity contribution in [3.63, 3.8) is 0 Å². The number of nitrogens with zero attached hydrogens (tertiary/aromatic N) is 1. The Labute approximate surface area is 218 Å². The second-order valence-electron chi connectivity index (χ2n) is 8.77. The predicted molar refractivity (Wildman–Crippen MR) is 148 cm³/mol. The molecule has 8 nitrogen and oxygen atoms in total. The summed E-state index contributed by atoms with van der Waals surface area (Å²) in [6.45, 7) is 1.39. The second-order valence-corrected chi connectivity index (χ2v) is 8.77. The van der Waals surface area contributed by atoms with Crippen LogP contribution in [0.5, 0.6) is 0 Å². The summed E-state index contributed by atoms with van der Waals surface area (Å²) >= 11 is 0. The molecule has 1 heterocycles. The molecular formula is C30H24N4O4. The van der Waals surface area contributed by atoms with Crippen LogP contribution in [0.3, 0.4) is 0 Å². The average Bonchev–Trinajstić information content (AvgIpc) is 2.93. The molecule has 1 atom stereocenters. The van der Waals surface area contributed by atoms with Gasteiger partial charge in [0.2, 0.25) is 0 Å². The number of rotatable bonds is 6. The lowest BCUT2D eigenvalue weighted by atomic mass is 9.91. The van der Waals surface area contributed by atoms with Crippen molar-refractivity contribution in [1.29, 1.82) is 0 Å². The number of fused-ring (bicyclic) bond motifs is 2. The van der Waals surface area contributed by atoms with Crippen LogP contribution in [0.1, 0.15) is 17.3 Å². The lowest BCUT2D eigenvalue weighted by Gasteiger charge is -2.20. The van der Waals surface area contributed by atoms with Gasteiger partial charge in [-0.2, -0.15) is 0 Å². The first kappa shape index (κ1) is 24.5. The van der Waals surface area contributed by atoms with Crippen LogP contribution in [-0.4, -0.2) is 34.0 Å². The monoisotopic (exact) mass is 504 g/mol. The van der Waals surface area contributed by atoms with Gasteiger partial charge in [0.05, 0.1) is 11.3 Å². The van der Waals surface area contributed by atoms with Gasteiger partial charge in [0.1, 0.15) is 6.04 Å². The molecule has 4 aromatic carbocycles. The van der Waals surface area contributed by atoms with Gasteiger partial charge in [0.25, 0.3) is 5.91 Å². The topological polar surface area (TPSA) is 120 Å². The maximum atomic E-state index is 13.2. The van der Waals surface area contributed by atoms with Gasteiger partial charge in [-0.1, -0.05) is 60.7 Å². The molecule has 5 aromatic rings. The Morgan fingerprint density at radius 1 is 0.737 bits per heavy atom. The molecule has 0 saturated heterocycles. The second kappa shape index (κ2) is 10.4. The maximum Gasteiger partial charge on any atom is 0.325 e. The van der Waals surface area contributed by atoms with E-state index in [2.05, 4.69) is 20.9 Å². The highest BCUT2D eigenvalue weighted by Crippen LogP contribution is 2.43. The Bertz CT molecular complexity index is 1680. The van der Waals surface area contributed by atoms with Crippen molar-refractivity contribution in [1.82, 2.24) is 10.3 Å². The van der Waals surface area contributed by atoms with E-state index in [0.717, 1.165) is 27.1 Å². The number of aliphatic carboxylic acids is 1. The van der Waals surface area contributed by atoms with E-state index in [4.69, 9.17) is 0 Å². The van der Waals surface area contributed by atoms with E-state index in [1.807, 2.05) is 66.7 Å². The van der Waals surface area contributed by atoms with Gasteiger partial charge in [-0.05, 0) is 52.7 Å². The van der Waals surface area contributed by atoms with Gasteiger partial charge in [0, 0.05) is 29.2 Å². The van der Waals surface area contributed by atoms with E-state index in [0.29, 0.717) is 22.5 Å². The van der Waals surface area contributed by atoms with Gasteiger partial charge in [-0.25, -0.2) is 4.79 Å². The van der Waals surface area contributed by atoms with Crippen LogP contribution in [0.25, 0.3) is 32.7 Å². The number of nitrogens with one attached hydrogen (secondary N) is 3. The molecule has 0 spiro atoms. The van der Waals surface area contributed by atoms with E-state index >= 15 is 0 Å². The summed E-state index contributed by atoms with van der Waals surface area (Å²) in [4.78, 5) is 41.3. The third-order valence-electron chi connectivity index (χ3n) is 6.25. The fourth-order valence-corrected chi connectivity index (χ4v) is 4.40. The number of carboxylic acid groups (broad SMARTS) is 1. The van der Waals surface area contributed by atoms with E-state index in [9.17, 15) is 19.5 Å². The van der Waals surface area contributed by atoms with Crippen molar-refractivity contribution in [2.24, 2.45) is 0 Å². The Kier molecular flexibility index (Phi) is 6.69. The summed E-state index contributed by atoms with van der Waals surface area (Å²) in [7, 11) is 0. The van der Waals surface area contributed by atoms with E-state index in [-0.39, 0.29) is 5.91 Å². The molecule has 188 valence electrons. The van der Waals surface area contributed by atoms with Crippen molar-refractivity contribution >= 4 is 50.8 Å². The minimum absolute atomic E-state index is 0.322. The summed E-state index contributed by atoms with van der Waals surface area (Å²) in [5.41, 5.74) is 2.84. The number of carbonyl (C=O) groups is 3. The Morgan fingerprint density at radius 3 is 1.87 bits per heavy atom. The molecule has 0 fully saturated rings. The molecule has 8 heteroatoms. The molecule has 0 radical (unpaired) electrons. The number of pyridine rings is 1. The van der Waals surface area contributed by atoms with Gasteiger partial charge in [0.15, 0.2) is 0 Å². The minimum Gasteiger partial charge on any atom is -0.480 e. The SMILES string of the molecule is CC(NC(=O)Nc1ccc2ccccc2c1-c1c(NC(=O)c2cccnc2)ccc2ccccc12)C(=O)O. The van der Waals surface area contributed by atoms with Crippen molar-refractivity contribution in [3.8, 4) is 11.1 Å². The molecule has 0 aliphatic heterocycles. The fourth-order valence-electron chi connectivity index (χ4n) is 4.40. The molecule has 0 aliphatic carbocycles. The maximum absolute atomic E-state index is 13.2. The van der Waals surface area contributed by atoms with Crippen molar-refractivity contribution in [3.05, 3.63) is 103 Å². The zero-order valence-corrected chi connectivity index (χ0v) is 20.4. The Balaban J connectivity index is 1.71. The summed E-state index contributed by atoms with van der Waals surface area (Å²) in [6.07, 6.45) is 3.09. The molecular weight excluding hydrogens is 480 g/mol. The molecule has 0 aliphatic rings. The molecule has 38 heavy (non-hydrogen) atoms. The highest BCUT2D eigenvalue weighted by Gasteiger charge is 2.21. The molecule has 0 saturated carbocycles. The zero-order valence-electron chi connectivity index (χ0n) is 20.4. The zero-order chi connectivity index (χ0) is 26.6. The summed E-state index contributed by atoms with van der Waals surface area (Å²) in [6, 6.07) is 24.6.